The predicted molar refractivity (Wildman–Crippen MR) is 250 cm³/mol. The van der Waals surface area contributed by atoms with Crippen molar-refractivity contribution in [1.29, 1.82) is 0 Å². The van der Waals surface area contributed by atoms with E-state index in [9.17, 15) is 0 Å². The lowest BCUT2D eigenvalue weighted by atomic mass is 9.33. The molecule has 3 heterocycles. The molecule has 4 heteroatoms. The molecular weight excluding hydrogens is 703 g/mol. The molecule has 58 heavy (non-hydrogen) atoms. The van der Waals surface area contributed by atoms with Gasteiger partial charge in [-0.25, -0.2) is 0 Å². The van der Waals surface area contributed by atoms with Gasteiger partial charge in [0.25, 0.3) is 6.71 Å². The van der Waals surface area contributed by atoms with E-state index in [4.69, 9.17) is 4.42 Å². The summed E-state index contributed by atoms with van der Waals surface area (Å²) in [6.07, 6.45) is 0. The van der Waals surface area contributed by atoms with Gasteiger partial charge in [-0.3, -0.25) is 0 Å². The highest BCUT2D eigenvalue weighted by Crippen LogP contribution is 2.47. The molecular formula is C54H51BN2O. The Labute approximate surface area is 344 Å². The van der Waals surface area contributed by atoms with Crippen LogP contribution in [0.3, 0.4) is 0 Å². The highest BCUT2D eigenvalue weighted by Gasteiger charge is 2.43. The van der Waals surface area contributed by atoms with Gasteiger partial charge >= 0.3 is 0 Å². The van der Waals surface area contributed by atoms with Crippen LogP contribution in [0.15, 0.2) is 144 Å². The van der Waals surface area contributed by atoms with Gasteiger partial charge < -0.3 is 14.2 Å². The van der Waals surface area contributed by atoms with E-state index in [0.717, 1.165) is 22.2 Å². The van der Waals surface area contributed by atoms with Crippen molar-refractivity contribution in [3.05, 3.63) is 162 Å². The number of para-hydroxylation sites is 1. The zero-order chi connectivity index (χ0) is 40.0. The van der Waals surface area contributed by atoms with E-state index < -0.39 is 0 Å². The standard InChI is InChI=1S/C54H51BN2O/c1-32(2)36-19-23-39(24-20-36)56-47-27-21-37(33(3)4)29-45(47)55-46-30-38(34(5)6)22-28-48(46)57(50-16-12-15-49(56)54(50)55)40-25-26-41(35(7)8)44(31-40)42-14-11-18-52-53(42)43-13-9-10-17-51(43)58-52/h9-35H,1-8H3. The van der Waals surface area contributed by atoms with Crippen molar-refractivity contribution in [3.8, 4) is 11.1 Å². The Morgan fingerprint density at radius 3 is 1.60 bits per heavy atom. The smallest absolute Gasteiger partial charge is 0.252 e. The molecule has 0 aliphatic carbocycles. The third-order valence-electron chi connectivity index (χ3n) is 12.8. The summed E-state index contributed by atoms with van der Waals surface area (Å²) in [7, 11) is 0. The quantitative estimate of drug-likeness (QED) is 0.151. The van der Waals surface area contributed by atoms with Crippen molar-refractivity contribution < 1.29 is 4.42 Å². The number of anilines is 6. The summed E-state index contributed by atoms with van der Waals surface area (Å²) < 4.78 is 6.43. The maximum absolute atomic E-state index is 6.43. The van der Waals surface area contributed by atoms with Gasteiger partial charge in [0.15, 0.2) is 0 Å². The van der Waals surface area contributed by atoms with Crippen LogP contribution in [0.1, 0.15) is 101 Å². The summed E-state index contributed by atoms with van der Waals surface area (Å²) in [6, 6.07) is 52.8. The lowest BCUT2D eigenvalue weighted by Crippen LogP contribution is -2.61. The first-order valence-electron chi connectivity index (χ1n) is 21.2. The molecule has 0 unspecified atom stereocenters. The Balaban J connectivity index is 1.25. The topological polar surface area (TPSA) is 19.6 Å². The molecule has 0 fully saturated rings. The van der Waals surface area contributed by atoms with Crippen LogP contribution in [-0.2, 0) is 0 Å². The second-order valence-electron chi connectivity index (χ2n) is 17.7. The molecule has 8 aromatic rings. The zero-order valence-electron chi connectivity index (χ0n) is 35.0. The van der Waals surface area contributed by atoms with E-state index in [1.54, 1.807) is 0 Å². The molecule has 7 aromatic carbocycles. The van der Waals surface area contributed by atoms with Gasteiger partial charge in [0.1, 0.15) is 11.2 Å². The number of furan rings is 1. The highest BCUT2D eigenvalue weighted by molar-refractivity contribution is 7.00. The summed E-state index contributed by atoms with van der Waals surface area (Å²) in [4.78, 5) is 5.07. The third-order valence-corrected chi connectivity index (χ3v) is 12.8. The van der Waals surface area contributed by atoms with Crippen molar-refractivity contribution in [2.24, 2.45) is 0 Å². The van der Waals surface area contributed by atoms with Crippen LogP contribution in [0.4, 0.5) is 34.1 Å². The van der Waals surface area contributed by atoms with Crippen LogP contribution in [0.2, 0.25) is 0 Å². The molecule has 0 radical (unpaired) electrons. The molecule has 3 nitrogen and oxygen atoms in total. The van der Waals surface area contributed by atoms with Crippen molar-refractivity contribution in [2.75, 3.05) is 9.80 Å². The fourth-order valence-electron chi connectivity index (χ4n) is 9.68. The monoisotopic (exact) mass is 754 g/mol. The number of rotatable bonds is 7. The summed E-state index contributed by atoms with van der Waals surface area (Å²) in [5.74, 6) is 1.61. The molecule has 0 saturated carbocycles. The molecule has 2 aliphatic heterocycles. The summed E-state index contributed by atoms with van der Waals surface area (Å²) >= 11 is 0. The van der Waals surface area contributed by atoms with Gasteiger partial charge in [0.2, 0.25) is 0 Å². The van der Waals surface area contributed by atoms with E-state index in [2.05, 4.69) is 205 Å². The number of benzene rings is 7. The SMILES string of the molecule is CC(C)c1ccc(N2c3ccc(C(C)C)cc3B3c4cc(C(C)C)ccc4N(c4ccc(C(C)C)c(-c5cccc6oc7ccccc7c56)c4)c4cccc2c43)cc1. The van der Waals surface area contributed by atoms with E-state index >= 15 is 0 Å². The first-order valence-corrected chi connectivity index (χ1v) is 21.2. The summed E-state index contributed by atoms with van der Waals surface area (Å²) in [5.41, 5.74) is 21.1. The number of hydrogen-bond acceptors (Lipinski definition) is 3. The molecule has 0 saturated heterocycles. The highest BCUT2D eigenvalue weighted by atomic mass is 16.3. The van der Waals surface area contributed by atoms with Crippen LogP contribution in [-0.4, -0.2) is 6.71 Å². The van der Waals surface area contributed by atoms with Gasteiger partial charge in [0.05, 0.1) is 0 Å². The number of nitrogens with zero attached hydrogens (tertiary/aromatic N) is 2. The molecule has 1 aromatic heterocycles. The maximum Gasteiger partial charge on any atom is 0.252 e. The normalized spacial score (nSPS) is 13.3. The minimum atomic E-state index is 0.0801. The lowest BCUT2D eigenvalue weighted by molar-refractivity contribution is 0.669. The fraction of sp³-hybridized carbons (Fsp3) is 0.222. The van der Waals surface area contributed by atoms with Crippen LogP contribution in [0.5, 0.6) is 0 Å². The largest absolute Gasteiger partial charge is 0.456 e. The Kier molecular flexibility index (Phi) is 8.67. The maximum atomic E-state index is 6.43. The van der Waals surface area contributed by atoms with Gasteiger partial charge in [-0.15, -0.1) is 0 Å². The van der Waals surface area contributed by atoms with Crippen molar-refractivity contribution in [1.82, 2.24) is 0 Å². The molecule has 286 valence electrons. The first kappa shape index (κ1) is 36.4. The van der Waals surface area contributed by atoms with E-state index in [1.165, 1.54) is 83.6 Å². The van der Waals surface area contributed by atoms with Gasteiger partial charge in [-0.2, -0.15) is 0 Å². The van der Waals surface area contributed by atoms with E-state index in [1.807, 2.05) is 0 Å². The molecule has 0 N–H and O–H groups in total. The number of hydrogen-bond donors (Lipinski definition) is 0. The third kappa shape index (κ3) is 5.63. The Bertz CT molecular complexity index is 2880. The molecule has 10 rings (SSSR count). The molecule has 0 atom stereocenters. The zero-order valence-corrected chi connectivity index (χ0v) is 35.0. The molecule has 0 bridgehead atoms. The van der Waals surface area contributed by atoms with Crippen molar-refractivity contribution in [3.63, 3.8) is 0 Å². The van der Waals surface area contributed by atoms with Crippen LogP contribution < -0.4 is 26.2 Å². The second-order valence-corrected chi connectivity index (χ2v) is 17.7. The second kappa shape index (κ2) is 13.8. The van der Waals surface area contributed by atoms with E-state index in [-0.39, 0.29) is 6.71 Å². The predicted octanol–water partition coefficient (Wildman–Crippen LogP) is 13.8. The minimum Gasteiger partial charge on any atom is -0.456 e. The van der Waals surface area contributed by atoms with Gasteiger partial charge in [-0.1, -0.05) is 134 Å². The van der Waals surface area contributed by atoms with Gasteiger partial charge in [-0.05, 0) is 134 Å². The van der Waals surface area contributed by atoms with Crippen molar-refractivity contribution in [2.45, 2.75) is 79.1 Å². The first-order chi connectivity index (χ1) is 28.1. The Morgan fingerprint density at radius 2 is 0.983 bits per heavy atom. The molecule has 0 spiro atoms. The Morgan fingerprint density at radius 1 is 0.431 bits per heavy atom. The summed E-state index contributed by atoms with van der Waals surface area (Å²) in [6.45, 7) is 18.5. The van der Waals surface area contributed by atoms with Crippen LogP contribution >= 0.6 is 0 Å². The lowest BCUT2D eigenvalue weighted by Gasteiger charge is -2.44. The average molecular weight is 755 g/mol. The summed E-state index contributed by atoms with van der Waals surface area (Å²) in [5, 5.41) is 2.32. The van der Waals surface area contributed by atoms with E-state index in [0.29, 0.717) is 23.7 Å². The average Bonchev–Trinajstić information content (AvgIpc) is 3.62. The fourth-order valence-corrected chi connectivity index (χ4v) is 9.68. The number of fused-ring (bicyclic) bond motifs is 7. The molecule has 0 amide bonds. The van der Waals surface area contributed by atoms with Crippen LogP contribution in [0, 0.1) is 0 Å². The molecule has 2 aliphatic rings. The van der Waals surface area contributed by atoms with Crippen molar-refractivity contribution >= 4 is 79.2 Å². The Hall–Kier alpha value is -6.00. The van der Waals surface area contributed by atoms with Gasteiger partial charge in [0, 0.05) is 44.9 Å². The minimum absolute atomic E-state index is 0.0801. The van der Waals surface area contributed by atoms with Crippen LogP contribution in [0.25, 0.3) is 33.1 Å².